The van der Waals surface area contributed by atoms with Gasteiger partial charge in [0.15, 0.2) is 0 Å². The van der Waals surface area contributed by atoms with Crippen LogP contribution in [0.3, 0.4) is 0 Å². The van der Waals surface area contributed by atoms with Crippen molar-refractivity contribution in [1.82, 2.24) is 14.3 Å². The third kappa shape index (κ3) is 4.20. The largest absolute Gasteiger partial charge is 0.322 e. The molecule has 4 rings (SSSR count). The minimum absolute atomic E-state index is 0.0224. The van der Waals surface area contributed by atoms with Crippen molar-refractivity contribution in [2.45, 2.75) is 30.7 Å². The van der Waals surface area contributed by atoms with Crippen LogP contribution in [0.25, 0.3) is 5.69 Å². The van der Waals surface area contributed by atoms with Gasteiger partial charge in [-0.05, 0) is 56.2 Å². The van der Waals surface area contributed by atoms with Gasteiger partial charge in [-0.25, -0.2) is 22.5 Å². The maximum absolute atomic E-state index is 14.5. The lowest BCUT2D eigenvalue weighted by molar-refractivity contribution is 0.102. The van der Waals surface area contributed by atoms with E-state index in [0.29, 0.717) is 11.5 Å². The van der Waals surface area contributed by atoms with Gasteiger partial charge in [-0.1, -0.05) is 6.07 Å². The highest BCUT2D eigenvalue weighted by atomic mass is 32.2. The van der Waals surface area contributed by atoms with Crippen molar-refractivity contribution in [2.24, 2.45) is 0 Å². The highest BCUT2D eigenvalue weighted by Gasteiger charge is 2.28. The fourth-order valence-corrected chi connectivity index (χ4v) is 4.26. The third-order valence-corrected chi connectivity index (χ3v) is 6.11. The lowest BCUT2D eigenvalue weighted by Gasteiger charge is -2.11. The molecule has 1 aromatic heterocycles. The van der Waals surface area contributed by atoms with Gasteiger partial charge in [-0.15, -0.1) is 0 Å². The Morgan fingerprint density at radius 3 is 2.66 bits per heavy atom. The number of benzene rings is 2. The number of anilines is 1. The Balaban J connectivity index is 1.53. The Labute approximate surface area is 167 Å². The summed E-state index contributed by atoms with van der Waals surface area (Å²) in [7, 11) is -3.67. The van der Waals surface area contributed by atoms with Gasteiger partial charge in [-0.2, -0.15) is 0 Å². The number of carbonyl (C=O) groups excluding carboxylic acids is 1. The van der Waals surface area contributed by atoms with Crippen LogP contribution in [0.4, 0.5) is 10.1 Å². The Hall–Kier alpha value is -3.04. The topological polar surface area (TPSA) is 93.1 Å². The zero-order valence-corrected chi connectivity index (χ0v) is 16.4. The summed E-state index contributed by atoms with van der Waals surface area (Å²) in [6.07, 6.45) is 4.86. The highest BCUT2D eigenvalue weighted by molar-refractivity contribution is 7.89. The minimum Gasteiger partial charge on any atom is -0.322 e. The van der Waals surface area contributed by atoms with E-state index in [1.54, 1.807) is 36.0 Å². The van der Waals surface area contributed by atoms with E-state index in [1.165, 1.54) is 30.3 Å². The summed E-state index contributed by atoms with van der Waals surface area (Å²) >= 11 is 0. The smallest absolute Gasteiger partial charge is 0.255 e. The Bertz CT molecular complexity index is 1190. The van der Waals surface area contributed by atoms with Gasteiger partial charge in [-0.3, -0.25) is 4.79 Å². The van der Waals surface area contributed by atoms with E-state index < -0.39 is 21.7 Å². The van der Waals surface area contributed by atoms with Gasteiger partial charge in [0, 0.05) is 29.7 Å². The molecule has 1 aliphatic rings. The second kappa shape index (κ2) is 7.41. The van der Waals surface area contributed by atoms with Crippen molar-refractivity contribution in [2.75, 3.05) is 5.32 Å². The fourth-order valence-electron chi connectivity index (χ4n) is 2.91. The molecule has 1 aliphatic carbocycles. The summed E-state index contributed by atoms with van der Waals surface area (Å²) in [5.74, 6) is -0.410. The summed E-state index contributed by atoms with van der Waals surface area (Å²) in [6.45, 7) is 1.76. The molecule has 0 bridgehead atoms. The molecule has 1 saturated carbocycles. The number of sulfonamides is 1. The molecule has 0 atom stereocenters. The number of halogens is 1. The Kier molecular flexibility index (Phi) is 4.93. The van der Waals surface area contributed by atoms with Crippen LogP contribution in [0.2, 0.25) is 0 Å². The predicted octanol–water partition coefficient (Wildman–Crippen LogP) is 3.01. The number of carbonyl (C=O) groups is 1. The van der Waals surface area contributed by atoms with E-state index in [9.17, 15) is 17.6 Å². The highest BCUT2D eigenvalue weighted by Crippen LogP contribution is 2.23. The average Bonchev–Trinajstić information content (AvgIpc) is 3.39. The van der Waals surface area contributed by atoms with Crippen molar-refractivity contribution >= 4 is 21.6 Å². The van der Waals surface area contributed by atoms with Crippen molar-refractivity contribution in [3.63, 3.8) is 0 Å². The molecule has 1 fully saturated rings. The van der Waals surface area contributed by atoms with Gasteiger partial charge in [0.25, 0.3) is 5.91 Å². The molecule has 1 amide bonds. The predicted molar refractivity (Wildman–Crippen MR) is 106 cm³/mol. The lowest BCUT2D eigenvalue weighted by atomic mass is 10.2. The molecule has 0 saturated heterocycles. The first-order chi connectivity index (χ1) is 13.8. The maximum Gasteiger partial charge on any atom is 0.255 e. The van der Waals surface area contributed by atoms with Gasteiger partial charge in [0.1, 0.15) is 11.6 Å². The molecule has 150 valence electrons. The SMILES string of the molecule is Cc1nccn1-c1ccc(NC(=O)c2cccc(S(=O)(=O)NC3CC3)c2)cc1F. The van der Waals surface area contributed by atoms with Gasteiger partial charge < -0.3 is 9.88 Å². The number of hydrogen-bond donors (Lipinski definition) is 2. The van der Waals surface area contributed by atoms with Gasteiger partial charge in [0.2, 0.25) is 10.0 Å². The number of amides is 1. The van der Waals surface area contributed by atoms with Crippen molar-refractivity contribution < 1.29 is 17.6 Å². The van der Waals surface area contributed by atoms with Crippen LogP contribution in [0.1, 0.15) is 29.0 Å². The van der Waals surface area contributed by atoms with E-state index in [-0.39, 0.29) is 22.2 Å². The van der Waals surface area contributed by atoms with Crippen molar-refractivity contribution in [3.8, 4) is 5.69 Å². The van der Waals surface area contributed by atoms with Crippen LogP contribution >= 0.6 is 0 Å². The van der Waals surface area contributed by atoms with E-state index in [0.717, 1.165) is 12.8 Å². The molecular weight excluding hydrogens is 395 g/mol. The van der Waals surface area contributed by atoms with Crippen LogP contribution in [0, 0.1) is 12.7 Å². The standard InChI is InChI=1S/C20H19FN4O3S/c1-13-22-9-10-25(13)19-8-7-16(12-18(19)21)23-20(26)14-3-2-4-17(11-14)29(27,28)24-15-5-6-15/h2-4,7-12,15,24H,5-6H2,1H3,(H,23,26). The summed E-state index contributed by atoms with van der Waals surface area (Å²) in [5.41, 5.74) is 0.745. The third-order valence-electron chi connectivity index (χ3n) is 4.60. The maximum atomic E-state index is 14.5. The number of aryl methyl sites for hydroxylation is 1. The molecule has 9 heteroatoms. The second-order valence-electron chi connectivity index (χ2n) is 6.89. The minimum atomic E-state index is -3.67. The number of nitrogens with zero attached hydrogens (tertiary/aromatic N) is 2. The summed E-state index contributed by atoms with van der Waals surface area (Å²) < 4.78 is 43.4. The van der Waals surface area contributed by atoms with Crippen molar-refractivity contribution in [1.29, 1.82) is 0 Å². The molecule has 0 spiro atoms. The molecular formula is C20H19FN4O3S. The molecule has 0 aliphatic heterocycles. The van der Waals surface area contributed by atoms with Crippen LogP contribution in [0.15, 0.2) is 59.8 Å². The van der Waals surface area contributed by atoms with Crippen LogP contribution in [0.5, 0.6) is 0 Å². The first-order valence-electron chi connectivity index (χ1n) is 9.07. The number of rotatable bonds is 6. The Morgan fingerprint density at radius 2 is 2.00 bits per heavy atom. The quantitative estimate of drug-likeness (QED) is 0.648. The molecule has 0 unspecified atom stereocenters. The molecule has 0 radical (unpaired) electrons. The zero-order chi connectivity index (χ0) is 20.6. The number of aromatic nitrogens is 2. The summed E-state index contributed by atoms with van der Waals surface area (Å²) in [4.78, 5) is 16.6. The van der Waals surface area contributed by atoms with Crippen LogP contribution in [-0.4, -0.2) is 29.9 Å². The molecule has 2 N–H and O–H groups in total. The molecule has 3 aromatic rings. The van der Waals surface area contributed by atoms with E-state index in [1.807, 2.05) is 0 Å². The van der Waals surface area contributed by atoms with E-state index in [2.05, 4.69) is 15.0 Å². The number of nitrogens with one attached hydrogen (secondary N) is 2. The lowest BCUT2D eigenvalue weighted by Crippen LogP contribution is -2.26. The zero-order valence-electron chi connectivity index (χ0n) is 15.6. The van der Waals surface area contributed by atoms with Crippen molar-refractivity contribution in [3.05, 3.63) is 72.1 Å². The first-order valence-corrected chi connectivity index (χ1v) is 10.6. The number of imidazole rings is 1. The normalized spacial score (nSPS) is 14.0. The van der Waals surface area contributed by atoms with Gasteiger partial charge in [0.05, 0.1) is 10.6 Å². The van der Waals surface area contributed by atoms with Crippen LogP contribution < -0.4 is 10.0 Å². The Morgan fingerprint density at radius 1 is 1.21 bits per heavy atom. The molecule has 2 aromatic carbocycles. The van der Waals surface area contributed by atoms with Gasteiger partial charge >= 0.3 is 0 Å². The summed E-state index contributed by atoms with van der Waals surface area (Å²) in [5, 5.41) is 2.60. The molecule has 7 nitrogen and oxygen atoms in total. The number of hydrogen-bond acceptors (Lipinski definition) is 4. The average molecular weight is 414 g/mol. The van der Waals surface area contributed by atoms with E-state index in [4.69, 9.17) is 0 Å². The second-order valence-corrected chi connectivity index (χ2v) is 8.60. The molecule has 1 heterocycles. The fraction of sp³-hybridized carbons (Fsp3) is 0.200. The molecule has 29 heavy (non-hydrogen) atoms. The summed E-state index contributed by atoms with van der Waals surface area (Å²) in [6, 6.07) is 10.0. The first kappa shape index (κ1) is 19.3. The van der Waals surface area contributed by atoms with E-state index >= 15 is 0 Å². The van der Waals surface area contributed by atoms with Crippen LogP contribution in [-0.2, 0) is 10.0 Å². The monoisotopic (exact) mass is 414 g/mol.